The molecule has 0 radical (unpaired) electrons. The van der Waals surface area contributed by atoms with Crippen molar-refractivity contribution in [1.82, 2.24) is 19.7 Å². The maximum absolute atomic E-state index is 12.8. The van der Waals surface area contributed by atoms with E-state index in [4.69, 9.17) is 0 Å². The zero-order valence-electron chi connectivity index (χ0n) is 17.9. The van der Waals surface area contributed by atoms with Gasteiger partial charge in [0.1, 0.15) is 12.1 Å². The van der Waals surface area contributed by atoms with Gasteiger partial charge in [0, 0.05) is 29.8 Å². The van der Waals surface area contributed by atoms with Gasteiger partial charge in [-0.15, -0.1) is 0 Å². The number of sulfonamides is 1. The molecule has 8 nitrogen and oxygen atoms in total. The molecule has 0 aliphatic rings. The smallest absolute Gasteiger partial charge is 0.261 e. The molecule has 3 aromatic carbocycles. The molecule has 0 saturated heterocycles. The van der Waals surface area contributed by atoms with E-state index in [1.54, 1.807) is 71.7 Å². The summed E-state index contributed by atoms with van der Waals surface area (Å²) in [6, 6.07) is 27.1. The van der Waals surface area contributed by atoms with Crippen LogP contribution in [0.25, 0.3) is 16.9 Å². The highest BCUT2D eigenvalue weighted by Crippen LogP contribution is 2.24. The van der Waals surface area contributed by atoms with Crippen LogP contribution in [0, 0.1) is 0 Å². The number of aromatic nitrogens is 4. The molecular formula is C25H20N6O2S. The number of hydrogen-bond donors (Lipinski definition) is 2. The summed E-state index contributed by atoms with van der Waals surface area (Å²) < 4.78 is 29.9. The average Bonchev–Trinajstić information content (AvgIpc) is 3.41. The molecule has 0 atom stereocenters. The predicted octanol–water partition coefficient (Wildman–Crippen LogP) is 4.87. The van der Waals surface area contributed by atoms with Gasteiger partial charge in [-0.2, -0.15) is 5.10 Å². The lowest BCUT2D eigenvalue weighted by atomic mass is 10.1. The Kier molecular flexibility index (Phi) is 5.75. The van der Waals surface area contributed by atoms with E-state index in [1.165, 1.54) is 6.33 Å². The van der Waals surface area contributed by atoms with E-state index >= 15 is 0 Å². The topological polar surface area (TPSA) is 102 Å². The molecule has 0 spiro atoms. The summed E-state index contributed by atoms with van der Waals surface area (Å²) in [7, 11) is -3.72. The lowest BCUT2D eigenvalue weighted by Gasteiger charge is -2.11. The third-order valence-electron chi connectivity index (χ3n) is 5.07. The van der Waals surface area contributed by atoms with Gasteiger partial charge >= 0.3 is 0 Å². The van der Waals surface area contributed by atoms with Gasteiger partial charge in [-0.05, 0) is 53.6 Å². The molecule has 34 heavy (non-hydrogen) atoms. The van der Waals surface area contributed by atoms with Gasteiger partial charge in [0.15, 0.2) is 5.82 Å². The number of nitrogens with zero attached hydrogens (tertiary/aromatic N) is 4. The van der Waals surface area contributed by atoms with E-state index in [0.717, 1.165) is 16.8 Å². The highest BCUT2D eigenvalue weighted by molar-refractivity contribution is 7.92. The normalized spacial score (nSPS) is 11.2. The first-order valence-electron chi connectivity index (χ1n) is 10.4. The Labute approximate surface area is 197 Å². The van der Waals surface area contributed by atoms with Crippen molar-refractivity contribution >= 4 is 27.2 Å². The van der Waals surface area contributed by atoms with Crippen LogP contribution in [0.1, 0.15) is 0 Å². The third kappa shape index (κ3) is 4.79. The van der Waals surface area contributed by atoms with Crippen molar-refractivity contribution < 1.29 is 8.42 Å². The minimum Gasteiger partial charge on any atom is -0.340 e. The van der Waals surface area contributed by atoms with E-state index in [1.807, 2.05) is 36.4 Å². The van der Waals surface area contributed by atoms with Crippen LogP contribution in [-0.4, -0.2) is 28.2 Å². The van der Waals surface area contributed by atoms with Crippen LogP contribution in [-0.2, 0) is 10.0 Å². The molecular weight excluding hydrogens is 448 g/mol. The fourth-order valence-electron chi connectivity index (χ4n) is 3.39. The first-order chi connectivity index (χ1) is 16.6. The van der Waals surface area contributed by atoms with E-state index < -0.39 is 10.0 Å². The van der Waals surface area contributed by atoms with E-state index in [9.17, 15) is 8.42 Å². The quantitative estimate of drug-likeness (QED) is 0.353. The van der Waals surface area contributed by atoms with Gasteiger partial charge in [-0.1, -0.05) is 42.5 Å². The van der Waals surface area contributed by atoms with Crippen LogP contribution < -0.4 is 10.0 Å². The highest BCUT2D eigenvalue weighted by atomic mass is 32.2. The van der Waals surface area contributed by atoms with Crippen molar-refractivity contribution in [1.29, 1.82) is 0 Å². The highest BCUT2D eigenvalue weighted by Gasteiger charge is 2.14. The van der Waals surface area contributed by atoms with E-state index in [2.05, 4.69) is 25.1 Å². The summed E-state index contributed by atoms with van der Waals surface area (Å²) in [5, 5.41) is 7.34. The number of nitrogens with one attached hydrogen (secondary N) is 2. The van der Waals surface area contributed by atoms with Crippen LogP contribution in [0.3, 0.4) is 0 Å². The van der Waals surface area contributed by atoms with Crippen molar-refractivity contribution in [3.05, 3.63) is 110 Å². The van der Waals surface area contributed by atoms with Crippen LogP contribution >= 0.6 is 0 Å². The molecule has 5 aromatic rings. The second-order valence-electron chi connectivity index (χ2n) is 7.41. The maximum atomic E-state index is 12.8. The molecule has 0 saturated carbocycles. The van der Waals surface area contributed by atoms with Crippen LogP contribution in [0.2, 0.25) is 0 Å². The zero-order valence-corrected chi connectivity index (χ0v) is 18.7. The third-order valence-corrected chi connectivity index (χ3v) is 6.47. The standard InChI is InChI=1S/C25H20N6O2S/c32-34(33,23-13-7-20(8-14-23)19-5-2-1-3-6-19)30-22-11-9-21(10-12-22)29-24-17-25(27-18-26-24)31-16-4-15-28-31/h1-18,30H,(H,26,27,29). The number of rotatable bonds is 7. The second kappa shape index (κ2) is 9.16. The fraction of sp³-hybridized carbons (Fsp3) is 0. The first kappa shape index (κ1) is 21.4. The van der Waals surface area contributed by atoms with Crippen molar-refractivity contribution in [3.8, 4) is 16.9 Å². The largest absolute Gasteiger partial charge is 0.340 e. The minimum absolute atomic E-state index is 0.196. The van der Waals surface area contributed by atoms with Crippen molar-refractivity contribution in [2.45, 2.75) is 4.90 Å². The van der Waals surface area contributed by atoms with Gasteiger partial charge in [0.05, 0.1) is 4.90 Å². The van der Waals surface area contributed by atoms with Gasteiger partial charge in [0.25, 0.3) is 10.0 Å². The van der Waals surface area contributed by atoms with E-state index in [-0.39, 0.29) is 4.90 Å². The lowest BCUT2D eigenvalue weighted by molar-refractivity contribution is 0.601. The second-order valence-corrected chi connectivity index (χ2v) is 9.09. The van der Waals surface area contributed by atoms with Gasteiger partial charge in [0.2, 0.25) is 0 Å². The Hall–Kier alpha value is -4.50. The molecule has 0 unspecified atom stereocenters. The van der Waals surface area contributed by atoms with Gasteiger partial charge in [-0.3, -0.25) is 4.72 Å². The molecule has 9 heteroatoms. The average molecular weight is 469 g/mol. The Morgan fingerprint density at radius 1 is 0.735 bits per heavy atom. The molecule has 2 heterocycles. The molecule has 0 aliphatic heterocycles. The molecule has 2 N–H and O–H groups in total. The molecule has 5 rings (SSSR count). The Morgan fingerprint density at radius 2 is 1.44 bits per heavy atom. The summed E-state index contributed by atoms with van der Waals surface area (Å²) in [6.45, 7) is 0. The maximum Gasteiger partial charge on any atom is 0.261 e. The zero-order chi connectivity index (χ0) is 23.4. The molecule has 0 bridgehead atoms. The monoisotopic (exact) mass is 468 g/mol. The van der Waals surface area contributed by atoms with Crippen molar-refractivity contribution in [3.63, 3.8) is 0 Å². The molecule has 0 fully saturated rings. The SMILES string of the molecule is O=S(=O)(Nc1ccc(Nc2cc(-n3cccn3)ncn2)cc1)c1ccc(-c2ccccc2)cc1. The van der Waals surface area contributed by atoms with Crippen molar-refractivity contribution in [2.75, 3.05) is 10.0 Å². The van der Waals surface area contributed by atoms with Crippen LogP contribution in [0.15, 0.2) is 115 Å². The summed E-state index contributed by atoms with van der Waals surface area (Å²) in [5.74, 6) is 1.22. The minimum atomic E-state index is -3.72. The summed E-state index contributed by atoms with van der Waals surface area (Å²) in [4.78, 5) is 8.62. The Bertz CT molecular complexity index is 1490. The van der Waals surface area contributed by atoms with Crippen LogP contribution in [0.4, 0.5) is 17.2 Å². The Balaban J connectivity index is 1.27. The van der Waals surface area contributed by atoms with Crippen LogP contribution in [0.5, 0.6) is 0 Å². The van der Waals surface area contributed by atoms with Gasteiger partial charge < -0.3 is 5.32 Å². The first-order valence-corrected chi connectivity index (χ1v) is 11.9. The number of anilines is 3. The predicted molar refractivity (Wildman–Crippen MR) is 132 cm³/mol. The molecule has 0 amide bonds. The molecule has 2 aromatic heterocycles. The van der Waals surface area contributed by atoms with Crippen molar-refractivity contribution in [2.24, 2.45) is 0 Å². The number of benzene rings is 3. The van der Waals surface area contributed by atoms with Gasteiger partial charge in [-0.25, -0.2) is 23.1 Å². The molecule has 168 valence electrons. The lowest BCUT2D eigenvalue weighted by Crippen LogP contribution is -2.12. The number of hydrogen-bond acceptors (Lipinski definition) is 6. The summed E-state index contributed by atoms with van der Waals surface area (Å²) in [6.07, 6.45) is 4.92. The summed E-state index contributed by atoms with van der Waals surface area (Å²) >= 11 is 0. The fourth-order valence-corrected chi connectivity index (χ4v) is 4.44. The Morgan fingerprint density at radius 3 is 2.15 bits per heavy atom. The molecule has 0 aliphatic carbocycles. The summed E-state index contributed by atoms with van der Waals surface area (Å²) in [5.41, 5.74) is 3.19. The van der Waals surface area contributed by atoms with E-state index in [0.29, 0.717) is 17.3 Å².